The van der Waals surface area contributed by atoms with E-state index < -0.39 is 6.10 Å². The first-order valence-electron chi connectivity index (χ1n) is 9.75. The van der Waals surface area contributed by atoms with Gasteiger partial charge in [0.1, 0.15) is 17.4 Å². The summed E-state index contributed by atoms with van der Waals surface area (Å²) in [5, 5.41) is 20.1. The molecule has 30 heavy (non-hydrogen) atoms. The SMILES string of the molecule is O=C1C(CC[C@H](O)c2ccc(F)cc2)[C@@H](c2ccc(O)cc2)N1c1ccc(F)cc1. The average Bonchev–Trinajstić information content (AvgIpc) is 2.74. The molecule has 3 aromatic rings. The third-order valence-electron chi connectivity index (χ3n) is 5.56. The predicted molar refractivity (Wildman–Crippen MR) is 109 cm³/mol. The van der Waals surface area contributed by atoms with Crippen LogP contribution in [0.3, 0.4) is 0 Å². The number of carbonyl (C=O) groups is 1. The van der Waals surface area contributed by atoms with E-state index in [1.807, 2.05) is 0 Å². The molecule has 6 heteroatoms. The Hall–Kier alpha value is -3.25. The smallest absolute Gasteiger partial charge is 0.233 e. The topological polar surface area (TPSA) is 60.8 Å². The Balaban J connectivity index is 1.55. The van der Waals surface area contributed by atoms with Gasteiger partial charge in [-0.2, -0.15) is 0 Å². The molecule has 3 aromatic carbocycles. The number of phenols is 1. The number of aliphatic hydroxyl groups is 1. The Morgan fingerprint density at radius 1 is 0.867 bits per heavy atom. The standard InChI is InChI=1S/C24H21F2NO3/c25-17-5-1-15(2-6-17)22(29)14-13-21-23(16-3-11-20(28)12-4-16)27(24(21)30)19-9-7-18(26)8-10-19/h1-12,21-23,28-29H,13-14H2/t21?,22-,23+/m0/s1. The molecule has 0 spiro atoms. The number of rotatable bonds is 6. The zero-order valence-corrected chi connectivity index (χ0v) is 16.1. The van der Waals surface area contributed by atoms with Crippen LogP contribution in [0.1, 0.15) is 36.1 Å². The number of aromatic hydroxyl groups is 1. The summed E-state index contributed by atoms with van der Waals surface area (Å²) in [6.45, 7) is 0. The largest absolute Gasteiger partial charge is 0.508 e. The summed E-state index contributed by atoms with van der Waals surface area (Å²) in [6.07, 6.45) is -0.0344. The number of hydrogen-bond acceptors (Lipinski definition) is 3. The minimum Gasteiger partial charge on any atom is -0.508 e. The molecule has 0 aliphatic carbocycles. The highest BCUT2D eigenvalue weighted by Crippen LogP contribution is 2.46. The molecule has 3 atom stereocenters. The number of anilines is 1. The Bertz CT molecular complexity index is 1020. The molecule has 1 unspecified atom stereocenters. The number of hydrogen-bond donors (Lipinski definition) is 2. The average molecular weight is 409 g/mol. The van der Waals surface area contributed by atoms with Gasteiger partial charge in [-0.25, -0.2) is 8.78 Å². The number of halogens is 2. The van der Waals surface area contributed by atoms with E-state index in [9.17, 15) is 23.8 Å². The van der Waals surface area contributed by atoms with E-state index in [1.54, 1.807) is 41.3 Å². The van der Waals surface area contributed by atoms with Crippen molar-refractivity contribution in [2.45, 2.75) is 25.0 Å². The fourth-order valence-electron chi connectivity index (χ4n) is 3.96. The second kappa shape index (κ2) is 8.24. The molecule has 0 radical (unpaired) electrons. The van der Waals surface area contributed by atoms with E-state index in [4.69, 9.17) is 0 Å². The number of β-lactam (4-membered cyclic amide) rings is 1. The highest BCUT2D eigenvalue weighted by atomic mass is 19.1. The second-order valence-electron chi connectivity index (χ2n) is 7.47. The summed E-state index contributed by atoms with van der Waals surface area (Å²) in [6, 6.07) is 17.7. The van der Waals surface area contributed by atoms with Gasteiger partial charge in [-0.15, -0.1) is 0 Å². The van der Waals surface area contributed by atoms with Gasteiger partial charge < -0.3 is 15.1 Å². The van der Waals surface area contributed by atoms with Crippen molar-refractivity contribution in [1.29, 1.82) is 0 Å². The first kappa shape index (κ1) is 20.0. The van der Waals surface area contributed by atoms with E-state index in [0.29, 0.717) is 24.1 Å². The van der Waals surface area contributed by atoms with Crippen LogP contribution in [-0.4, -0.2) is 16.1 Å². The van der Waals surface area contributed by atoms with Gasteiger partial charge in [-0.3, -0.25) is 4.79 Å². The number of phenolic OH excluding ortho intramolecular Hbond substituents is 1. The molecule has 1 heterocycles. The first-order valence-corrected chi connectivity index (χ1v) is 9.75. The van der Waals surface area contributed by atoms with Crippen LogP contribution in [-0.2, 0) is 4.79 Å². The summed E-state index contributed by atoms with van der Waals surface area (Å²) in [5.41, 5.74) is 2.03. The summed E-state index contributed by atoms with van der Waals surface area (Å²) in [4.78, 5) is 14.6. The van der Waals surface area contributed by atoms with Gasteiger partial charge in [0, 0.05) is 5.69 Å². The van der Waals surface area contributed by atoms with Gasteiger partial charge in [-0.1, -0.05) is 24.3 Å². The predicted octanol–water partition coefficient (Wildman–Crippen LogP) is 4.89. The van der Waals surface area contributed by atoms with E-state index in [0.717, 1.165) is 5.56 Å². The van der Waals surface area contributed by atoms with Crippen molar-refractivity contribution in [3.63, 3.8) is 0 Å². The summed E-state index contributed by atoms with van der Waals surface area (Å²) in [5.74, 6) is -1.10. The molecular weight excluding hydrogens is 388 g/mol. The van der Waals surface area contributed by atoms with Crippen LogP contribution >= 0.6 is 0 Å². The molecule has 0 bridgehead atoms. The molecule has 1 amide bonds. The molecule has 1 aliphatic heterocycles. The van der Waals surface area contributed by atoms with Crippen LogP contribution in [0.4, 0.5) is 14.5 Å². The molecule has 4 nitrogen and oxygen atoms in total. The van der Waals surface area contributed by atoms with Gasteiger partial charge in [0.25, 0.3) is 0 Å². The molecule has 0 aromatic heterocycles. The molecule has 1 saturated heterocycles. The van der Waals surface area contributed by atoms with Crippen LogP contribution < -0.4 is 4.90 Å². The number of amides is 1. The van der Waals surface area contributed by atoms with E-state index in [-0.39, 0.29) is 35.3 Å². The lowest BCUT2D eigenvalue weighted by molar-refractivity contribution is -0.131. The van der Waals surface area contributed by atoms with Gasteiger partial charge in [0.15, 0.2) is 0 Å². The van der Waals surface area contributed by atoms with E-state index in [2.05, 4.69) is 0 Å². The fraction of sp³-hybridized carbons (Fsp3) is 0.208. The first-order chi connectivity index (χ1) is 14.4. The van der Waals surface area contributed by atoms with Crippen molar-refractivity contribution in [3.05, 3.63) is 95.6 Å². The lowest BCUT2D eigenvalue weighted by Crippen LogP contribution is -2.55. The van der Waals surface area contributed by atoms with Crippen LogP contribution in [0, 0.1) is 17.6 Å². The Kier molecular flexibility index (Phi) is 5.50. The molecule has 0 saturated carbocycles. The molecule has 2 N–H and O–H groups in total. The number of nitrogens with zero attached hydrogens (tertiary/aromatic N) is 1. The van der Waals surface area contributed by atoms with Crippen molar-refractivity contribution < 1.29 is 23.8 Å². The van der Waals surface area contributed by atoms with Gasteiger partial charge >= 0.3 is 0 Å². The zero-order chi connectivity index (χ0) is 21.3. The van der Waals surface area contributed by atoms with Crippen molar-refractivity contribution in [3.8, 4) is 5.75 Å². The van der Waals surface area contributed by atoms with Crippen LogP contribution in [0.5, 0.6) is 5.75 Å². The quantitative estimate of drug-likeness (QED) is 0.570. The number of carbonyl (C=O) groups excluding carboxylic acids is 1. The molecule has 1 aliphatic rings. The second-order valence-corrected chi connectivity index (χ2v) is 7.47. The number of aliphatic hydroxyl groups excluding tert-OH is 1. The zero-order valence-electron chi connectivity index (χ0n) is 16.1. The minimum absolute atomic E-state index is 0.106. The van der Waals surface area contributed by atoms with Crippen molar-refractivity contribution in [1.82, 2.24) is 0 Å². The van der Waals surface area contributed by atoms with Crippen molar-refractivity contribution in [2.24, 2.45) is 5.92 Å². The van der Waals surface area contributed by atoms with Crippen LogP contribution in [0.15, 0.2) is 72.8 Å². The monoisotopic (exact) mass is 409 g/mol. The lowest BCUT2D eigenvalue weighted by Gasteiger charge is -2.48. The number of benzene rings is 3. The fourth-order valence-corrected chi connectivity index (χ4v) is 3.96. The molecule has 4 rings (SSSR count). The highest BCUT2D eigenvalue weighted by molar-refractivity contribution is 6.03. The molecule has 154 valence electrons. The normalized spacial score (nSPS) is 19.4. The maximum absolute atomic E-state index is 13.3. The maximum atomic E-state index is 13.3. The van der Waals surface area contributed by atoms with E-state index >= 15 is 0 Å². The Morgan fingerprint density at radius 3 is 2.03 bits per heavy atom. The highest BCUT2D eigenvalue weighted by Gasteiger charge is 2.48. The van der Waals surface area contributed by atoms with Crippen molar-refractivity contribution in [2.75, 3.05) is 4.90 Å². The maximum Gasteiger partial charge on any atom is 0.233 e. The van der Waals surface area contributed by atoms with Crippen LogP contribution in [0.2, 0.25) is 0 Å². The molecule has 1 fully saturated rings. The van der Waals surface area contributed by atoms with Crippen molar-refractivity contribution >= 4 is 11.6 Å². The minimum atomic E-state index is -0.807. The summed E-state index contributed by atoms with van der Waals surface area (Å²) >= 11 is 0. The molecular formula is C24H21F2NO3. The lowest BCUT2D eigenvalue weighted by atomic mass is 9.78. The summed E-state index contributed by atoms with van der Waals surface area (Å²) in [7, 11) is 0. The summed E-state index contributed by atoms with van der Waals surface area (Å²) < 4.78 is 26.4. The van der Waals surface area contributed by atoms with Gasteiger partial charge in [0.2, 0.25) is 5.91 Å². The van der Waals surface area contributed by atoms with Gasteiger partial charge in [-0.05, 0) is 72.5 Å². The third kappa shape index (κ3) is 3.91. The van der Waals surface area contributed by atoms with Crippen LogP contribution in [0.25, 0.3) is 0 Å². The Labute approximate surface area is 173 Å². The van der Waals surface area contributed by atoms with Gasteiger partial charge in [0.05, 0.1) is 18.1 Å². The third-order valence-corrected chi connectivity index (χ3v) is 5.56. The Morgan fingerprint density at radius 2 is 1.43 bits per heavy atom. The van der Waals surface area contributed by atoms with E-state index in [1.165, 1.54) is 36.4 Å².